The molecule has 0 saturated heterocycles. The number of nitrogens with one attached hydrogen (secondary N) is 3. The summed E-state index contributed by atoms with van der Waals surface area (Å²) in [4.78, 5) is 26.8. The fourth-order valence-electron chi connectivity index (χ4n) is 1.51. The number of benzene rings is 1. The Morgan fingerprint density at radius 3 is 2.75 bits per heavy atom. The van der Waals surface area contributed by atoms with E-state index in [9.17, 15) is 9.59 Å². The van der Waals surface area contributed by atoms with Crippen molar-refractivity contribution >= 4 is 23.5 Å². The van der Waals surface area contributed by atoms with Crippen molar-refractivity contribution in [3.63, 3.8) is 0 Å². The molecule has 3 N–H and O–H groups in total. The van der Waals surface area contributed by atoms with E-state index < -0.39 is 0 Å². The van der Waals surface area contributed by atoms with Crippen molar-refractivity contribution in [1.29, 1.82) is 0 Å². The van der Waals surface area contributed by atoms with Gasteiger partial charge in [-0.15, -0.1) is 5.10 Å². The number of hydrogen-bond acceptors (Lipinski definition) is 5. The summed E-state index contributed by atoms with van der Waals surface area (Å²) in [6.07, 6.45) is 0. The van der Waals surface area contributed by atoms with E-state index in [0.29, 0.717) is 11.3 Å². The second kappa shape index (κ2) is 5.83. The van der Waals surface area contributed by atoms with Crippen LogP contribution < -0.4 is 15.4 Å². The van der Waals surface area contributed by atoms with E-state index in [4.69, 9.17) is 4.74 Å². The van der Waals surface area contributed by atoms with Gasteiger partial charge in [-0.1, -0.05) is 6.07 Å². The zero-order valence-electron chi connectivity index (χ0n) is 10.9. The summed E-state index contributed by atoms with van der Waals surface area (Å²) >= 11 is 0. The highest BCUT2D eigenvalue weighted by Crippen LogP contribution is 2.12. The number of rotatable bonds is 4. The van der Waals surface area contributed by atoms with Crippen LogP contribution in [0.15, 0.2) is 24.3 Å². The van der Waals surface area contributed by atoms with E-state index in [2.05, 4.69) is 25.8 Å². The number of hydrogen-bond donors (Lipinski definition) is 3. The number of aromatic amines is 1. The number of aromatic nitrogens is 3. The van der Waals surface area contributed by atoms with E-state index >= 15 is 0 Å². The number of nitrogens with zero attached hydrogens (tertiary/aromatic N) is 2. The summed E-state index contributed by atoms with van der Waals surface area (Å²) in [6, 6.07) is 6.67. The number of ether oxygens (including phenoxy) is 1. The summed E-state index contributed by atoms with van der Waals surface area (Å²) in [5.41, 5.74) is 0.923. The highest BCUT2D eigenvalue weighted by atomic mass is 16.5. The third kappa shape index (κ3) is 3.31. The lowest BCUT2D eigenvalue weighted by Gasteiger charge is -2.05. The monoisotopic (exact) mass is 275 g/mol. The Kier molecular flexibility index (Phi) is 3.94. The predicted molar refractivity (Wildman–Crippen MR) is 71.6 cm³/mol. The van der Waals surface area contributed by atoms with Crippen LogP contribution >= 0.6 is 0 Å². The van der Waals surface area contributed by atoms with Crippen LogP contribution in [0.2, 0.25) is 0 Å². The highest BCUT2D eigenvalue weighted by molar-refractivity contribution is 6.04. The van der Waals surface area contributed by atoms with Crippen LogP contribution in [0.1, 0.15) is 17.3 Å². The normalized spacial score (nSPS) is 9.90. The van der Waals surface area contributed by atoms with Crippen LogP contribution in [0.4, 0.5) is 11.6 Å². The molecule has 1 aromatic heterocycles. The van der Waals surface area contributed by atoms with E-state index in [-0.39, 0.29) is 23.8 Å². The SMILES string of the molecule is COc1n[nH]c(NC(=O)c2cccc(NC(C)=O)c2)n1. The molecule has 0 aliphatic heterocycles. The van der Waals surface area contributed by atoms with Gasteiger partial charge in [0.05, 0.1) is 7.11 Å². The Bertz CT molecular complexity index is 638. The van der Waals surface area contributed by atoms with Gasteiger partial charge in [0.15, 0.2) is 0 Å². The Morgan fingerprint density at radius 1 is 1.30 bits per heavy atom. The molecule has 0 atom stereocenters. The quantitative estimate of drug-likeness (QED) is 0.772. The minimum absolute atomic E-state index is 0.132. The number of carbonyl (C=O) groups excluding carboxylic acids is 2. The number of carbonyl (C=O) groups is 2. The maximum atomic E-state index is 12.0. The average molecular weight is 275 g/mol. The number of H-pyrrole nitrogens is 1. The first kappa shape index (κ1) is 13.5. The van der Waals surface area contributed by atoms with Crippen LogP contribution in [0, 0.1) is 0 Å². The van der Waals surface area contributed by atoms with Gasteiger partial charge >= 0.3 is 6.01 Å². The van der Waals surface area contributed by atoms with Gasteiger partial charge in [-0.2, -0.15) is 4.98 Å². The van der Waals surface area contributed by atoms with Crippen molar-refractivity contribution in [3.05, 3.63) is 29.8 Å². The standard InChI is InChI=1S/C12H13N5O3/c1-7(18)13-9-5-3-4-8(6-9)10(19)14-11-15-12(20-2)17-16-11/h3-6H,1-2H3,(H,13,18)(H2,14,15,16,17,19). The van der Waals surface area contributed by atoms with Crippen molar-refractivity contribution in [3.8, 4) is 6.01 Å². The van der Waals surface area contributed by atoms with Crippen LogP contribution in [0.3, 0.4) is 0 Å². The van der Waals surface area contributed by atoms with Crippen molar-refractivity contribution < 1.29 is 14.3 Å². The lowest BCUT2D eigenvalue weighted by atomic mass is 10.2. The summed E-state index contributed by atoms with van der Waals surface area (Å²) in [5, 5.41) is 11.4. The molecule has 20 heavy (non-hydrogen) atoms. The molecule has 0 fully saturated rings. The van der Waals surface area contributed by atoms with Gasteiger partial charge in [-0.3, -0.25) is 14.9 Å². The Balaban J connectivity index is 2.10. The highest BCUT2D eigenvalue weighted by Gasteiger charge is 2.10. The third-order valence-corrected chi connectivity index (χ3v) is 2.32. The molecule has 8 nitrogen and oxygen atoms in total. The maximum Gasteiger partial charge on any atom is 0.336 e. The topological polar surface area (TPSA) is 109 Å². The second-order valence-electron chi connectivity index (χ2n) is 3.89. The van der Waals surface area contributed by atoms with Crippen molar-refractivity contribution in [1.82, 2.24) is 15.2 Å². The first-order valence-corrected chi connectivity index (χ1v) is 5.74. The summed E-state index contributed by atoms with van der Waals surface area (Å²) in [5.74, 6) is -0.407. The van der Waals surface area contributed by atoms with Gasteiger partial charge in [0, 0.05) is 18.2 Å². The molecule has 0 saturated carbocycles. The van der Waals surface area contributed by atoms with Crippen molar-refractivity contribution in [2.24, 2.45) is 0 Å². The average Bonchev–Trinajstić information content (AvgIpc) is 2.86. The van der Waals surface area contributed by atoms with Gasteiger partial charge in [0.1, 0.15) is 0 Å². The fourth-order valence-corrected chi connectivity index (χ4v) is 1.51. The number of amides is 2. The molecule has 0 unspecified atom stereocenters. The molecule has 1 heterocycles. The second-order valence-corrected chi connectivity index (χ2v) is 3.89. The Hall–Kier alpha value is -2.90. The minimum Gasteiger partial charge on any atom is -0.466 e. The van der Waals surface area contributed by atoms with Gasteiger partial charge in [-0.05, 0) is 18.2 Å². The molecular weight excluding hydrogens is 262 g/mol. The molecule has 0 radical (unpaired) electrons. The smallest absolute Gasteiger partial charge is 0.336 e. The van der Waals surface area contributed by atoms with Gasteiger partial charge in [0.2, 0.25) is 11.9 Å². The van der Waals surface area contributed by atoms with Crippen LogP contribution in [0.25, 0.3) is 0 Å². The Morgan fingerprint density at radius 2 is 2.10 bits per heavy atom. The summed E-state index contributed by atoms with van der Waals surface area (Å²) < 4.78 is 4.79. The lowest BCUT2D eigenvalue weighted by Crippen LogP contribution is -2.14. The van der Waals surface area contributed by atoms with E-state index in [0.717, 1.165) is 0 Å². The van der Waals surface area contributed by atoms with Crippen LogP contribution in [-0.4, -0.2) is 34.1 Å². The van der Waals surface area contributed by atoms with Crippen LogP contribution in [-0.2, 0) is 4.79 Å². The molecule has 2 amide bonds. The number of methoxy groups -OCH3 is 1. The van der Waals surface area contributed by atoms with Crippen LogP contribution in [0.5, 0.6) is 6.01 Å². The third-order valence-electron chi connectivity index (χ3n) is 2.32. The van der Waals surface area contributed by atoms with E-state index in [1.165, 1.54) is 14.0 Å². The fraction of sp³-hybridized carbons (Fsp3) is 0.167. The van der Waals surface area contributed by atoms with Gasteiger partial charge < -0.3 is 10.1 Å². The minimum atomic E-state index is -0.379. The largest absolute Gasteiger partial charge is 0.466 e. The number of anilines is 2. The van der Waals surface area contributed by atoms with E-state index in [1.54, 1.807) is 24.3 Å². The Labute approximate surface area is 114 Å². The zero-order chi connectivity index (χ0) is 14.5. The van der Waals surface area contributed by atoms with Crippen molar-refractivity contribution in [2.45, 2.75) is 6.92 Å². The lowest BCUT2D eigenvalue weighted by molar-refractivity contribution is -0.114. The van der Waals surface area contributed by atoms with E-state index in [1.807, 2.05) is 0 Å². The molecule has 0 spiro atoms. The van der Waals surface area contributed by atoms with Crippen molar-refractivity contribution in [2.75, 3.05) is 17.7 Å². The molecule has 0 aliphatic carbocycles. The molecule has 0 aliphatic rings. The van der Waals surface area contributed by atoms with Gasteiger partial charge in [0.25, 0.3) is 5.91 Å². The summed E-state index contributed by atoms with van der Waals surface area (Å²) in [6.45, 7) is 1.40. The molecule has 2 rings (SSSR count). The first-order valence-electron chi connectivity index (χ1n) is 5.74. The van der Waals surface area contributed by atoms with Gasteiger partial charge in [-0.25, -0.2) is 5.10 Å². The maximum absolute atomic E-state index is 12.0. The zero-order valence-corrected chi connectivity index (χ0v) is 10.9. The molecule has 0 bridgehead atoms. The molecular formula is C12H13N5O3. The summed E-state index contributed by atoms with van der Waals surface area (Å²) in [7, 11) is 1.42. The molecule has 2 aromatic rings. The predicted octanol–water partition coefficient (Wildman–Crippen LogP) is 1.02. The molecule has 8 heteroatoms. The molecule has 104 valence electrons. The molecule has 1 aromatic carbocycles. The first-order chi connectivity index (χ1) is 9.58.